The monoisotopic (exact) mass is 401 g/mol. The Hall–Kier alpha value is -3.45. The number of benzene rings is 1. The molecule has 4 heterocycles. The van der Waals surface area contributed by atoms with Crippen LogP contribution < -0.4 is 5.32 Å². The van der Waals surface area contributed by atoms with Gasteiger partial charge in [-0.15, -0.1) is 0 Å². The summed E-state index contributed by atoms with van der Waals surface area (Å²) in [6.45, 7) is 1.25. The molecule has 1 saturated heterocycles. The Morgan fingerprint density at radius 3 is 2.83 bits per heavy atom. The van der Waals surface area contributed by atoms with Gasteiger partial charge in [0.1, 0.15) is 5.69 Å². The third-order valence-corrected chi connectivity index (χ3v) is 5.47. The number of hydrogen-bond acceptors (Lipinski definition) is 4. The first kappa shape index (κ1) is 18.6. The molecule has 1 aromatic carbocycles. The number of carbonyl (C=O) groups is 1. The van der Waals surface area contributed by atoms with Gasteiger partial charge in [-0.05, 0) is 47.7 Å². The molecule has 7 heteroatoms. The molecule has 1 aliphatic rings. The summed E-state index contributed by atoms with van der Waals surface area (Å²) in [4.78, 5) is 12.7. The molecule has 4 aromatic rings. The lowest BCUT2D eigenvalue weighted by molar-refractivity contribution is 0.0923. The third kappa shape index (κ3) is 3.71. The Kier molecular flexibility index (Phi) is 4.80. The van der Waals surface area contributed by atoms with Gasteiger partial charge >= 0.3 is 0 Å². The number of fused-ring (bicyclic) bond motifs is 1. The van der Waals surface area contributed by atoms with Crippen molar-refractivity contribution in [1.29, 1.82) is 0 Å². The highest BCUT2D eigenvalue weighted by atomic mass is 16.5. The molecule has 1 fully saturated rings. The average Bonchev–Trinajstić information content (AvgIpc) is 3.50. The van der Waals surface area contributed by atoms with Crippen molar-refractivity contribution in [2.45, 2.75) is 18.9 Å². The molecule has 3 aromatic heterocycles. The second-order valence-corrected chi connectivity index (χ2v) is 7.70. The Labute approximate surface area is 174 Å². The lowest BCUT2D eigenvalue weighted by atomic mass is 10.0. The molecule has 5 rings (SSSR count). The summed E-state index contributed by atoms with van der Waals surface area (Å²) < 4.78 is 8.93. The van der Waals surface area contributed by atoms with Crippen molar-refractivity contribution in [2.75, 3.05) is 13.2 Å². The summed E-state index contributed by atoms with van der Waals surface area (Å²) in [6, 6.07) is 14.4. The van der Waals surface area contributed by atoms with Crippen molar-refractivity contribution in [2.24, 2.45) is 7.05 Å². The molecular weight excluding hydrogens is 378 g/mol. The van der Waals surface area contributed by atoms with E-state index in [-0.39, 0.29) is 11.9 Å². The van der Waals surface area contributed by atoms with Crippen molar-refractivity contribution in [3.8, 4) is 11.1 Å². The van der Waals surface area contributed by atoms with Crippen LogP contribution in [0.25, 0.3) is 16.6 Å². The number of hydrogen-bond donors (Lipinski definition) is 1. The number of ether oxygens (including phenoxy) is 1. The van der Waals surface area contributed by atoms with Crippen LogP contribution in [0, 0.1) is 0 Å². The topological polar surface area (TPSA) is 73.5 Å². The molecule has 1 aliphatic heterocycles. The minimum absolute atomic E-state index is 0.0585. The minimum Gasteiger partial charge on any atom is -0.379 e. The molecule has 7 nitrogen and oxygen atoms in total. The number of nitrogens with one attached hydrogen (secondary N) is 1. The van der Waals surface area contributed by atoms with Gasteiger partial charge in [-0.3, -0.25) is 9.48 Å². The first-order chi connectivity index (χ1) is 14.7. The van der Waals surface area contributed by atoms with E-state index in [1.54, 1.807) is 9.20 Å². The van der Waals surface area contributed by atoms with Crippen LogP contribution in [0.2, 0.25) is 0 Å². The molecule has 152 valence electrons. The van der Waals surface area contributed by atoms with Gasteiger partial charge in [0.25, 0.3) is 5.91 Å². The zero-order valence-corrected chi connectivity index (χ0v) is 16.8. The highest BCUT2D eigenvalue weighted by molar-refractivity contribution is 5.93. The fraction of sp³-hybridized carbons (Fsp3) is 0.261. The third-order valence-electron chi connectivity index (χ3n) is 5.47. The molecule has 1 amide bonds. The summed E-state index contributed by atoms with van der Waals surface area (Å²) in [6.07, 6.45) is 7.30. The lowest BCUT2D eigenvalue weighted by Gasteiger charge is -2.12. The van der Waals surface area contributed by atoms with Crippen LogP contribution >= 0.6 is 0 Å². The molecule has 0 bridgehead atoms. The van der Waals surface area contributed by atoms with E-state index >= 15 is 0 Å². The van der Waals surface area contributed by atoms with E-state index in [0.29, 0.717) is 18.9 Å². The number of aryl methyl sites for hydroxylation is 1. The molecule has 1 atom stereocenters. The van der Waals surface area contributed by atoms with Crippen LogP contribution in [0.15, 0.2) is 61.1 Å². The number of carbonyl (C=O) groups excluding carboxylic acids is 1. The fourth-order valence-corrected chi connectivity index (χ4v) is 3.86. The maximum absolute atomic E-state index is 12.7. The molecule has 1 unspecified atom stereocenters. The second-order valence-electron chi connectivity index (χ2n) is 7.70. The Morgan fingerprint density at radius 2 is 2.10 bits per heavy atom. The van der Waals surface area contributed by atoms with Gasteiger partial charge in [-0.2, -0.15) is 10.2 Å². The first-order valence-electron chi connectivity index (χ1n) is 10.1. The van der Waals surface area contributed by atoms with E-state index < -0.39 is 0 Å². The van der Waals surface area contributed by atoms with Crippen LogP contribution in [-0.2, 0) is 18.2 Å². The van der Waals surface area contributed by atoms with E-state index in [4.69, 9.17) is 4.74 Å². The zero-order valence-electron chi connectivity index (χ0n) is 16.8. The predicted molar refractivity (Wildman–Crippen MR) is 113 cm³/mol. The smallest absolute Gasteiger partial charge is 0.272 e. The van der Waals surface area contributed by atoms with Crippen molar-refractivity contribution in [3.63, 3.8) is 0 Å². The van der Waals surface area contributed by atoms with Crippen LogP contribution in [0.4, 0.5) is 0 Å². The van der Waals surface area contributed by atoms with Gasteiger partial charge in [-0.25, -0.2) is 4.52 Å². The molecule has 30 heavy (non-hydrogen) atoms. The van der Waals surface area contributed by atoms with Gasteiger partial charge in [0.15, 0.2) is 0 Å². The van der Waals surface area contributed by atoms with Crippen LogP contribution in [0.3, 0.4) is 0 Å². The predicted octanol–water partition coefficient (Wildman–Crippen LogP) is 2.84. The Balaban J connectivity index is 1.40. The second kappa shape index (κ2) is 7.76. The fourth-order valence-electron chi connectivity index (χ4n) is 3.86. The maximum Gasteiger partial charge on any atom is 0.272 e. The lowest BCUT2D eigenvalue weighted by Crippen LogP contribution is -2.35. The number of rotatable bonds is 5. The van der Waals surface area contributed by atoms with Gasteiger partial charge in [0, 0.05) is 31.6 Å². The number of aromatic nitrogens is 4. The maximum atomic E-state index is 12.7. The summed E-state index contributed by atoms with van der Waals surface area (Å²) in [5.74, 6) is -0.158. The molecule has 0 saturated carbocycles. The molecule has 0 radical (unpaired) electrons. The van der Waals surface area contributed by atoms with Crippen LogP contribution in [-0.4, -0.2) is 44.6 Å². The summed E-state index contributed by atoms with van der Waals surface area (Å²) in [5, 5.41) is 11.7. The highest BCUT2D eigenvalue weighted by Crippen LogP contribution is 2.22. The highest BCUT2D eigenvalue weighted by Gasteiger charge is 2.20. The van der Waals surface area contributed by atoms with E-state index in [2.05, 4.69) is 39.8 Å². The van der Waals surface area contributed by atoms with E-state index in [0.717, 1.165) is 35.0 Å². The molecule has 0 spiro atoms. The van der Waals surface area contributed by atoms with Crippen molar-refractivity contribution in [1.82, 2.24) is 24.7 Å². The van der Waals surface area contributed by atoms with E-state index in [9.17, 15) is 4.79 Å². The normalized spacial score (nSPS) is 16.2. The van der Waals surface area contributed by atoms with E-state index in [1.807, 2.05) is 43.8 Å². The van der Waals surface area contributed by atoms with Gasteiger partial charge < -0.3 is 10.1 Å². The Morgan fingerprint density at radius 1 is 1.23 bits per heavy atom. The van der Waals surface area contributed by atoms with Gasteiger partial charge in [0.05, 0.1) is 24.4 Å². The quantitative estimate of drug-likeness (QED) is 0.558. The molecular formula is C23H23N5O2. The standard InChI is InChI=1S/C23H23N5O2/c1-27-14-19(13-24-27)17-6-4-16(5-7-17)11-18-12-21(26-28-9-2-3-22(18)28)23(29)25-20-8-10-30-15-20/h2-7,9,12-14,20H,8,10-11,15H2,1H3,(H,25,29). The Bertz CT molecular complexity index is 1190. The average molecular weight is 401 g/mol. The molecule has 0 aliphatic carbocycles. The van der Waals surface area contributed by atoms with E-state index in [1.165, 1.54) is 5.56 Å². The zero-order chi connectivity index (χ0) is 20.5. The first-order valence-corrected chi connectivity index (χ1v) is 10.1. The summed E-state index contributed by atoms with van der Waals surface area (Å²) in [7, 11) is 1.91. The van der Waals surface area contributed by atoms with Crippen LogP contribution in [0.5, 0.6) is 0 Å². The SMILES string of the molecule is Cn1cc(-c2ccc(Cc3cc(C(=O)NC4CCOC4)nn4cccc34)cc2)cn1. The summed E-state index contributed by atoms with van der Waals surface area (Å²) in [5.41, 5.74) is 5.90. The number of amides is 1. The molecule has 1 N–H and O–H groups in total. The van der Waals surface area contributed by atoms with Gasteiger partial charge in [0.2, 0.25) is 0 Å². The van der Waals surface area contributed by atoms with Crippen LogP contribution in [0.1, 0.15) is 28.0 Å². The van der Waals surface area contributed by atoms with Crippen molar-refractivity contribution >= 4 is 11.4 Å². The number of nitrogens with zero attached hydrogens (tertiary/aromatic N) is 4. The van der Waals surface area contributed by atoms with Gasteiger partial charge in [-0.1, -0.05) is 24.3 Å². The van der Waals surface area contributed by atoms with Crippen molar-refractivity contribution < 1.29 is 9.53 Å². The summed E-state index contributed by atoms with van der Waals surface area (Å²) >= 11 is 0. The minimum atomic E-state index is -0.158. The largest absolute Gasteiger partial charge is 0.379 e. The van der Waals surface area contributed by atoms with Crippen molar-refractivity contribution in [3.05, 3.63) is 77.9 Å².